The predicted octanol–water partition coefficient (Wildman–Crippen LogP) is 7.01. The summed E-state index contributed by atoms with van der Waals surface area (Å²) in [5, 5.41) is -0.425. The van der Waals surface area contributed by atoms with Gasteiger partial charge < -0.3 is 13.9 Å². The van der Waals surface area contributed by atoms with Gasteiger partial charge in [-0.25, -0.2) is 9.78 Å². The van der Waals surface area contributed by atoms with Crippen molar-refractivity contribution in [1.29, 1.82) is 0 Å². The molecule has 1 unspecified atom stereocenters. The number of carbonyl (C=O) groups excluding carboxylic acids is 3. The third-order valence-corrected chi connectivity index (χ3v) is 12.0. The second-order valence-corrected chi connectivity index (χ2v) is 18.7. The number of allylic oxidation sites excluding steroid dienone is 1. The zero-order valence-electron chi connectivity index (χ0n) is 25.8. The van der Waals surface area contributed by atoms with Crippen LogP contribution in [0.4, 0.5) is 0 Å². The van der Waals surface area contributed by atoms with Crippen LogP contribution in [0.5, 0.6) is 0 Å². The molecule has 1 saturated heterocycles. The number of benzene rings is 1. The Labute approximate surface area is 257 Å². The first-order valence-corrected chi connectivity index (χ1v) is 19.4. The maximum absolute atomic E-state index is 14.1. The van der Waals surface area contributed by atoms with Crippen molar-refractivity contribution in [2.45, 2.75) is 90.7 Å². The molecule has 0 N–H and O–H groups in total. The number of para-hydroxylation sites is 1. The van der Waals surface area contributed by atoms with Gasteiger partial charge in [0, 0.05) is 0 Å². The number of fused-ring (bicyclic) bond motifs is 1. The first-order chi connectivity index (χ1) is 18.9. The van der Waals surface area contributed by atoms with Crippen molar-refractivity contribution in [2.24, 2.45) is 16.7 Å². The maximum Gasteiger partial charge on any atom is 0.357 e. The summed E-state index contributed by atoms with van der Waals surface area (Å²) in [4.78, 5) is 45.8. The first kappa shape index (κ1) is 33.6. The minimum absolute atomic E-state index is 0.151. The van der Waals surface area contributed by atoms with Crippen molar-refractivity contribution >= 4 is 70.0 Å². The minimum atomic E-state index is -1.56. The summed E-state index contributed by atoms with van der Waals surface area (Å²) in [5.41, 5.74) is -0.169. The van der Waals surface area contributed by atoms with Crippen molar-refractivity contribution in [3.8, 4) is 0 Å². The van der Waals surface area contributed by atoms with Crippen LogP contribution in [-0.2, 0) is 28.3 Å². The average molecular weight is 639 g/mol. The van der Waals surface area contributed by atoms with E-state index in [1.807, 2.05) is 31.2 Å². The van der Waals surface area contributed by atoms with E-state index < -0.39 is 50.1 Å². The normalized spacial score (nSPS) is 19.1. The molecule has 1 aromatic heterocycles. The minimum Gasteiger partial charge on any atom is -0.427 e. The molecule has 0 radical (unpaired) electrons. The van der Waals surface area contributed by atoms with Gasteiger partial charge in [-0.1, -0.05) is 43.7 Å². The summed E-state index contributed by atoms with van der Waals surface area (Å²) in [7, 11) is 1.43. The number of carbonyl (C=O) groups is 3. The van der Waals surface area contributed by atoms with Gasteiger partial charge in [-0.05, 0) is 88.6 Å². The van der Waals surface area contributed by atoms with Crippen LogP contribution >= 0.6 is 32.9 Å². The van der Waals surface area contributed by atoms with E-state index in [1.54, 1.807) is 46.0 Å². The lowest BCUT2D eigenvalue weighted by atomic mass is 9.66. The van der Waals surface area contributed by atoms with E-state index in [4.69, 9.17) is 18.9 Å². The van der Waals surface area contributed by atoms with Crippen molar-refractivity contribution in [2.75, 3.05) is 6.79 Å². The Balaban J connectivity index is 1.94. The molecule has 3 atom stereocenters. The molecule has 12 heteroatoms. The van der Waals surface area contributed by atoms with Crippen molar-refractivity contribution in [3.63, 3.8) is 0 Å². The van der Waals surface area contributed by atoms with E-state index in [-0.39, 0.29) is 17.0 Å². The summed E-state index contributed by atoms with van der Waals surface area (Å²) in [6.07, 6.45) is 0. The molecule has 2 heterocycles. The van der Waals surface area contributed by atoms with Crippen molar-refractivity contribution < 1.29 is 28.3 Å². The molecule has 1 aromatic carbocycles. The molecule has 0 aliphatic carbocycles. The highest BCUT2D eigenvalue weighted by atomic mass is 33.1. The van der Waals surface area contributed by atoms with Gasteiger partial charge in [-0.15, -0.1) is 11.3 Å². The smallest absolute Gasteiger partial charge is 0.357 e. The maximum atomic E-state index is 14.1. The highest BCUT2D eigenvalue weighted by Gasteiger charge is 2.63. The number of nitrogens with zero attached hydrogens (tertiary/aromatic N) is 2. The summed E-state index contributed by atoms with van der Waals surface area (Å²) in [6, 6.07) is 7.95. The Bertz CT molecular complexity index is 1290. The second-order valence-electron chi connectivity index (χ2n) is 12.8. The molecule has 1 aliphatic heterocycles. The van der Waals surface area contributed by atoms with E-state index in [1.165, 1.54) is 26.5 Å². The monoisotopic (exact) mass is 638 g/mol. The van der Waals surface area contributed by atoms with Crippen LogP contribution in [-0.4, -0.2) is 54.5 Å². The number of likely N-dealkylation sites (tertiary alicyclic amines) is 1. The molecule has 1 fully saturated rings. The zero-order valence-corrected chi connectivity index (χ0v) is 29.4. The fourth-order valence-corrected chi connectivity index (χ4v) is 10.0. The number of hydrogen-bond donors (Lipinski definition) is 0. The van der Waals surface area contributed by atoms with Crippen LogP contribution < -0.4 is 0 Å². The van der Waals surface area contributed by atoms with E-state index in [9.17, 15) is 14.4 Å². The van der Waals surface area contributed by atoms with Crippen molar-refractivity contribution in [1.82, 2.24) is 9.88 Å². The zero-order chi connectivity index (χ0) is 30.9. The van der Waals surface area contributed by atoms with Crippen LogP contribution in [0, 0.1) is 16.7 Å². The van der Waals surface area contributed by atoms with Gasteiger partial charge in [0.05, 0.1) is 27.2 Å². The molecule has 1 amide bonds. The number of amides is 1. The number of β-lactam (4-membered cyclic amide) rings is 1. The number of esters is 2. The first-order valence-electron chi connectivity index (χ1n) is 13.6. The number of thiazole rings is 1. The highest BCUT2D eigenvalue weighted by molar-refractivity contribution is 8.77. The molecular formula is C29H42N2O6S3Si. The number of ether oxygens (including phenoxy) is 2. The standard InChI is InChI=1S/C29H42N2O6S3Si/c1-17(2)21(24(33)35-16-36-25(34)27(3,4)5)31-22(32)20(29(9,28(6,7)8)37-41(10)11)23(31)39-40-26-30-18-14-12-13-15-19(18)38-26/h12-15,20,23,41H,16H2,1-11H3/t20-,23-,29?/m1/s1. The van der Waals surface area contributed by atoms with Gasteiger partial charge in [-0.3, -0.25) is 14.5 Å². The SMILES string of the molecule is CC(C)=C(C(=O)OCOC(=O)C(C)(C)C)N1C(=O)[C@@H](C(C)(O[SiH](C)C)C(C)(C)C)[C@H]1SSc1nc2ccccc2s1. The van der Waals surface area contributed by atoms with Crippen LogP contribution in [0.25, 0.3) is 10.2 Å². The second kappa shape index (κ2) is 12.8. The van der Waals surface area contributed by atoms with Crippen LogP contribution in [0.2, 0.25) is 13.1 Å². The molecule has 2 aromatic rings. The lowest BCUT2D eigenvalue weighted by Gasteiger charge is -2.58. The summed E-state index contributed by atoms with van der Waals surface area (Å²) < 4.78 is 19.1. The third kappa shape index (κ3) is 7.38. The Hall–Kier alpha value is -1.86. The van der Waals surface area contributed by atoms with E-state index in [2.05, 4.69) is 33.9 Å². The molecule has 1 aliphatic rings. The molecule has 226 valence electrons. The van der Waals surface area contributed by atoms with Gasteiger partial charge in [0.15, 0.2) is 13.4 Å². The Morgan fingerprint density at radius 2 is 1.68 bits per heavy atom. The van der Waals surface area contributed by atoms with Gasteiger partial charge in [0.25, 0.3) is 0 Å². The third-order valence-electron chi connectivity index (χ3n) is 7.00. The molecule has 0 spiro atoms. The Kier molecular flexibility index (Phi) is 10.5. The topological polar surface area (TPSA) is 95.0 Å². The van der Waals surface area contributed by atoms with E-state index in [0.29, 0.717) is 5.57 Å². The predicted molar refractivity (Wildman–Crippen MR) is 170 cm³/mol. The van der Waals surface area contributed by atoms with Gasteiger partial charge in [-0.2, -0.15) is 0 Å². The summed E-state index contributed by atoms with van der Waals surface area (Å²) in [6.45, 7) is 20.6. The molecule has 0 bridgehead atoms. The van der Waals surface area contributed by atoms with Gasteiger partial charge in [0.2, 0.25) is 12.7 Å². The van der Waals surface area contributed by atoms with Gasteiger partial charge in [0.1, 0.15) is 11.1 Å². The van der Waals surface area contributed by atoms with E-state index >= 15 is 0 Å². The summed E-state index contributed by atoms with van der Waals surface area (Å²) >= 11 is 1.59. The molecule has 3 rings (SSSR count). The van der Waals surface area contributed by atoms with E-state index in [0.717, 1.165) is 14.6 Å². The lowest BCUT2D eigenvalue weighted by Crippen LogP contribution is -2.70. The van der Waals surface area contributed by atoms with Crippen LogP contribution in [0.1, 0.15) is 62.3 Å². The molecule has 8 nitrogen and oxygen atoms in total. The number of rotatable bonds is 10. The van der Waals surface area contributed by atoms with Crippen LogP contribution in [0.15, 0.2) is 39.9 Å². The highest BCUT2D eigenvalue weighted by Crippen LogP contribution is 2.55. The summed E-state index contributed by atoms with van der Waals surface area (Å²) in [5.74, 6) is -1.91. The fourth-order valence-electron chi connectivity index (χ4n) is 4.46. The fraction of sp³-hybridized carbons (Fsp3) is 0.586. The number of aromatic nitrogens is 1. The van der Waals surface area contributed by atoms with Gasteiger partial charge >= 0.3 is 11.9 Å². The quantitative estimate of drug-likeness (QED) is 0.0680. The average Bonchev–Trinajstić information content (AvgIpc) is 3.25. The lowest BCUT2D eigenvalue weighted by molar-refractivity contribution is -0.180. The Morgan fingerprint density at radius 1 is 1.05 bits per heavy atom. The van der Waals surface area contributed by atoms with Crippen LogP contribution in [0.3, 0.4) is 0 Å². The van der Waals surface area contributed by atoms with Crippen molar-refractivity contribution in [3.05, 3.63) is 35.5 Å². The number of hydrogen-bond acceptors (Lipinski definition) is 10. The molecule has 0 saturated carbocycles. The Morgan fingerprint density at radius 3 is 2.22 bits per heavy atom. The molecule has 41 heavy (non-hydrogen) atoms. The largest absolute Gasteiger partial charge is 0.427 e. The molecular weight excluding hydrogens is 597 g/mol.